The topological polar surface area (TPSA) is 30.7 Å². The van der Waals surface area contributed by atoms with E-state index in [9.17, 15) is 0 Å². The fraction of sp³-hybridized carbons (Fsp3) is 0.625. The first kappa shape index (κ1) is 14.0. The van der Waals surface area contributed by atoms with Gasteiger partial charge in [0.2, 0.25) is 0 Å². The van der Waals surface area contributed by atoms with Crippen molar-refractivity contribution in [2.24, 2.45) is 7.05 Å². The first-order valence-electron chi connectivity index (χ1n) is 7.41. The summed E-state index contributed by atoms with van der Waals surface area (Å²) in [7, 11) is 2.04. The fourth-order valence-corrected chi connectivity index (χ4v) is 2.93. The van der Waals surface area contributed by atoms with E-state index < -0.39 is 0 Å². The second-order valence-corrected chi connectivity index (χ2v) is 5.41. The number of pyridine rings is 1. The molecule has 0 unspecified atom stereocenters. The molecule has 3 nitrogen and oxygen atoms in total. The molecule has 0 radical (unpaired) electrons. The normalized spacial score (nSPS) is 11.4. The van der Waals surface area contributed by atoms with Gasteiger partial charge in [-0.15, -0.1) is 0 Å². The summed E-state index contributed by atoms with van der Waals surface area (Å²) in [5, 5.41) is 5.97. The number of aryl methyl sites for hydroxylation is 5. The number of hydrogen-bond donors (Lipinski definition) is 0. The SMILES string of the molecule is CCCCc1nc(C)c(CCC)c2c(C)nn(C)c12. The molecule has 2 aromatic heterocycles. The van der Waals surface area contributed by atoms with Crippen LogP contribution in [0.1, 0.15) is 55.8 Å². The highest BCUT2D eigenvalue weighted by Crippen LogP contribution is 2.28. The maximum absolute atomic E-state index is 4.87. The molecule has 0 amide bonds. The molecular weight excluding hydrogens is 234 g/mol. The zero-order valence-electron chi connectivity index (χ0n) is 12.9. The summed E-state index contributed by atoms with van der Waals surface area (Å²) in [5.41, 5.74) is 6.20. The van der Waals surface area contributed by atoms with E-state index in [0.29, 0.717) is 0 Å². The van der Waals surface area contributed by atoms with Gasteiger partial charge in [-0.3, -0.25) is 9.67 Å². The number of aromatic nitrogens is 3. The smallest absolute Gasteiger partial charge is 0.0900 e. The largest absolute Gasteiger partial charge is 0.266 e. The Bertz CT molecular complexity index is 581. The third kappa shape index (κ3) is 2.51. The van der Waals surface area contributed by atoms with E-state index in [1.165, 1.54) is 40.7 Å². The minimum Gasteiger partial charge on any atom is -0.266 e. The Hall–Kier alpha value is -1.38. The van der Waals surface area contributed by atoms with Crippen molar-refractivity contribution >= 4 is 10.9 Å². The van der Waals surface area contributed by atoms with E-state index in [-0.39, 0.29) is 0 Å². The molecule has 2 aromatic rings. The highest BCUT2D eigenvalue weighted by atomic mass is 15.3. The molecule has 0 spiro atoms. The van der Waals surface area contributed by atoms with Crippen molar-refractivity contribution in [2.45, 2.75) is 59.8 Å². The van der Waals surface area contributed by atoms with E-state index in [2.05, 4.69) is 32.8 Å². The molecule has 0 aliphatic rings. The molecule has 0 saturated carbocycles. The molecule has 0 bridgehead atoms. The van der Waals surface area contributed by atoms with Gasteiger partial charge in [0.15, 0.2) is 0 Å². The van der Waals surface area contributed by atoms with Crippen molar-refractivity contribution in [3.63, 3.8) is 0 Å². The summed E-state index contributed by atoms with van der Waals surface area (Å²) in [6, 6.07) is 0. The Morgan fingerprint density at radius 1 is 1.00 bits per heavy atom. The monoisotopic (exact) mass is 259 g/mol. The van der Waals surface area contributed by atoms with Crippen LogP contribution in [-0.2, 0) is 19.9 Å². The number of fused-ring (bicyclic) bond motifs is 1. The van der Waals surface area contributed by atoms with E-state index in [1.54, 1.807) is 0 Å². The number of unbranched alkanes of at least 4 members (excludes halogenated alkanes) is 1. The molecule has 0 atom stereocenters. The van der Waals surface area contributed by atoms with Crippen LogP contribution in [0.4, 0.5) is 0 Å². The predicted molar refractivity (Wildman–Crippen MR) is 80.6 cm³/mol. The number of nitrogens with zero attached hydrogens (tertiary/aromatic N) is 3. The molecule has 0 aliphatic heterocycles. The molecule has 0 N–H and O–H groups in total. The van der Waals surface area contributed by atoms with Gasteiger partial charge < -0.3 is 0 Å². The average molecular weight is 259 g/mol. The Morgan fingerprint density at radius 3 is 2.37 bits per heavy atom. The van der Waals surface area contributed by atoms with Crippen LogP contribution < -0.4 is 0 Å². The number of rotatable bonds is 5. The summed E-state index contributed by atoms with van der Waals surface area (Å²) in [4.78, 5) is 4.87. The maximum atomic E-state index is 4.87. The van der Waals surface area contributed by atoms with Crippen LogP contribution in [0.2, 0.25) is 0 Å². The van der Waals surface area contributed by atoms with Crippen molar-refractivity contribution in [3.8, 4) is 0 Å². The summed E-state index contributed by atoms with van der Waals surface area (Å²) >= 11 is 0. The van der Waals surface area contributed by atoms with E-state index >= 15 is 0 Å². The van der Waals surface area contributed by atoms with Gasteiger partial charge in [0.1, 0.15) is 0 Å². The zero-order valence-corrected chi connectivity index (χ0v) is 12.9. The minimum absolute atomic E-state index is 1.05. The van der Waals surface area contributed by atoms with Crippen molar-refractivity contribution in [1.29, 1.82) is 0 Å². The summed E-state index contributed by atoms with van der Waals surface area (Å²) in [5.74, 6) is 0. The molecular formula is C16H25N3. The van der Waals surface area contributed by atoms with Crippen LogP contribution in [0, 0.1) is 13.8 Å². The molecule has 0 aliphatic carbocycles. The Morgan fingerprint density at radius 2 is 1.74 bits per heavy atom. The van der Waals surface area contributed by atoms with E-state index in [4.69, 9.17) is 4.98 Å². The van der Waals surface area contributed by atoms with Gasteiger partial charge in [-0.05, 0) is 38.7 Å². The Balaban J connectivity index is 2.68. The van der Waals surface area contributed by atoms with Crippen LogP contribution in [0.5, 0.6) is 0 Å². The lowest BCUT2D eigenvalue weighted by Crippen LogP contribution is -2.03. The summed E-state index contributed by atoms with van der Waals surface area (Å²) in [6.45, 7) is 8.71. The van der Waals surface area contributed by atoms with Gasteiger partial charge in [0.05, 0.1) is 16.9 Å². The number of hydrogen-bond acceptors (Lipinski definition) is 2. The lowest BCUT2D eigenvalue weighted by Gasteiger charge is -2.11. The zero-order chi connectivity index (χ0) is 14.0. The summed E-state index contributed by atoms with van der Waals surface area (Å²) < 4.78 is 2.02. The van der Waals surface area contributed by atoms with Gasteiger partial charge in [-0.1, -0.05) is 26.7 Å². The first-order chi connectivity index (χ1) is 9.10. The van der Waals surface area contributed by atoms with Crippen LogP contribution in [0.15, 0.2) is 0 Å². The van der Waals surface area contributed by atoms with E-state index in [1.807, 2.05) is 11.7 Å². The van der Waals surface area contributed by atoms with Crippen LogP contribution in [-0.4, -0.2) is 14.8 Å². The first-order valence-corrected chi connectivity index (χ1v) is 7.41. The average Bonchev–Trinajstić information content (AvgIpc) is 2.66. The molecule has 0 fully saturated rings. The third-order valence-electron chi connectivity index (χ3n) is 3.80. The van der Waals surface area contributed by atoms with Crippen LogP contribution in [0.3, 0.4) is 0 Å². The minimum atomic E-state index is 1.05. The van der Waals surface area contributed by atoms with Crippen molar-refractivity contribution in [3.05, 3.63) is 22.6 Å². The second-order valence-electron chi connectivity index (χ2n) is 5.41. The molecule has 0 saturated heterocycles. The molecule has 19 heavy (non-hydrogen) atoms. The van der Waals surface area contributed by atoms with Gasteiger partial charge in [-0.25, -0.2) is 0 Å². The molecule has 104 valence electrons. The quantitative estimate of drug-likeness (QED) is 0.815. The van der Waals surface area contributed by atoms with Crippen LogP contribution >= 0.6 is 0 Å². The van der Waals surface area contributed by atoms with E-state index in [0.717, 1.165) is 25.0 Å². The lowest BCUT2D eigenvalue weighted by molar-refractivity contribution is 0.748. The standard InChI is InChI=1S/C16H25N3/c1-6-8-10-14-16-15(12(4)18-19(16)5)13(9-7-2)11(3)17-14/h6-10H2,1-5H3. The molecule has 2 rings (SSSR count). The van der Waals surface area contributed by atoms with Crippen molar-refractivity contribution in [1.82, 2.24) is 14.8 Å². The Labute approximate surface area is 116 Å². The maximum Gasteiger partial charge on any atom is 0.0900 e. The highest BCUT2D eigenvalue weighted by Gasteiger charge is 2.17. The fourth-order valence-electron chi connectivity index (χ4n) is 2.93. The third-order valence-corrected chi connectivity index (χ3v) is 3.80. The lowest BCUT2D eigenvalue weighted by atomic mass is 10.00. The van der Waals surface area contributed by atoms with Gasteiger partial charge in [-0.2, -0.15) is 5.10 Å². The Kier molecular flexibility index (Phi) is 4.23. The van der Waals surface area contributed by atoms with Crippen LogP contribution in [0.25, 0.3) is 10.9 Å². The molecule has 3 heteroatoms. The summed E-state index contributed by atoms with van der Waals surface area (Å²) in [6.07, 6.45) is 5.70. The van der Waals surface area contributed by atoms with Crippen molar-refractivity contribution < 1.29 is 0 Å². The molecule has 2 heterocycles. The van der Waals surface area contributed by atoms with Crippen molar-refractivity contribution in [2.75, 3.05) is 0 Å². The highest BCUT2D eigenvalue weighted by molar-refractivity contribution is 5.87. The van der Waals surface area contributed by atoms with Gasteiger partial charge in [0, 0.05) is 18.1 Å². The van der Waals surface area contributed by atoms with Gasteiger partial charge >= 0.3 is 0 Å². The second kappa shape index (κ2) is 5.72. The predicted octanol–water partition coefficient (Wildman–Crippen LogP) is 3.88. The van der Waals surface area contributed by atoms with Gasteiger partial charge in [0.25, 0.3) is 0 Å². The molecule has 0 aromatic carbocycles.